The zero-order valence-corrected chi connectivity index (χ0v) is 11.6. The van der Waals surface area contributed by atoms with Crippen molar-refractivity contribution in [3.63, 3.8) is 0 Å². The molecule has 1 heterocycles. The van der Waals surface area contributed by atoms with Gasteiger partial charge in [0.2, 0.25) is 0 Å². The van der Waals surface area contributed by atoms with Crippen LogP contribution in [0.5, 0.6) is 0 Å². The van der Waals surface area contributed by atoms with E-state index in [-0.39, 0.29) is 0 Å². The number of nitrogens with one attached hydrogen (secondary N) is 1. The predicted molar refractivity (Wildman–Crippen MR) is 74.8 cm³/mol. The molecular weight excluding hydrogens is 282 g/mol. The standard InChI is InChI=1S/C13H14BrNS/c1-2-15-7-10-5-3-4-6-11(10)12-8-16-9-13(12)14/h3-6,8-9,15H,2,7H2,1H3. The molecule has 1 aromatic carbocycles. The number of hydrogen-bond donors (Lipinski definition) is 1. The molecule has 0 atom stereocenters. The molecule has 0 saturated heterocycles. The van der Waals surface area contributed by atoms with Crippen LogP contribution in [0.25, 0.3) is 11.1 Å². The minimum atomic E-state index is 0.926. The molecule has 0 aliphatic rings. The van der Waals surface area contributed by atoms with Gasteiger partial charge in [0, 0.05) is 22.0 Å². The third kappa shape index (κ3) is 2.54. The highest BCUT2D eigenvalue weighted by atomic mass is 79.9. The van der Waals surface area contributed by atoms with Crippen molar-refractivity contribution in [2.75, 3.05) is 6.54 Å². The summed E-state index contributed by atoms with van der Waals surface area (Å²) in [5.74, 6) is 0. The molecule has 0 saturated carbocycles. The van der Waals surface area contributed by atoms with Gasteiger partial charge in [0.1, 0.15) is 0 Å². The first-order valence-electron chi connectivity index (χ1n) is 5.33. The number of thiophene rings is 1. The van der Waals surface area contributed by atoms with Gasteiger partial charge in [-0.25, -0.2) is 0 Å². The normalized spacial score (nSPS) is 10.6. The van der Waals surface area contributed by atoms with Crippen LogP contribution in [0.4, 0.5) is 0 Å². The monoisotopic (exact) mass is 295 g/mol. The van der Waals surface area contributed by atoms with E-state index in [1.165, 1.54) is 21.2 Å². The van der Waals surface area contributed by atoms with Gasteiger partial charge >= 0.3 is 0 Å². The minimum Gasteiger partial charge on any atom is -0.313 e. The van der Waals surface area contributed by atoms with Crippen molar-refractivity contribution in [3.8, 4) is 11.1 Å². The van der Waals surface area contributed by atoms with E-state index in [4.69, 9.17) is 0 Å². The molecule has 0 amide bonds. The number of hydrogen-bond acceptors (Lipinski definition) is 2. The van der Waals surface area contributed by atoms with Crippen LogP contribution in [0.15, 0.2) is 39.5 Å². The second-order valence-corrected chi connectivity index (χ2v) is 5.17. The van der Waals surface area contributed by atoms with Crippen LogP contribution in [-0.2, 0) is 6.54 Å². The molecule has 0 aliphatic carbocycles. The molecule has 16 heavy (non-hydrogen) atoms. The van der Waals surface area contributed by atoms with Crippen molar-refractivity contribution in [3.05, 3.63) is 45.1 Å². The molecule has 2 aromatic rings. The molecule has 84 valence electrons. The molecule has 2 rings (SSSR count). The summed E-state index contributed by atoms with van der Waals surface area (Å²) in [6.07, 6.45) is 0. The van der Waals surface area contributed by atoms with Gasteiger partial charge in [-0.05, 0) is 39.0 Å². The van der Waals surface area contributed by atoms with E-state index in [0.717, 1.165) is 13.1 Å². The van der Waals surface area contributed by atoms with Crippen LogP contribution in [0.2, 0.25) is 0 Å². The molecule has 0 fully saturated rings. The van der Waals surface area contributed by atoms with E-state index in [1.54, 1.807) is 11.3 Å². The summed E-state index contributed by atoms with van der Waals surface area (Å²) in [6, 6.07) is 8.55. The Labute approximate surface area is 109 Å². The lowest BCUT2D eigenvalue weighted by Gasteiger charge is -2.09. The minimum absolute atomic E-state index is 0.926. The summed E-state index contributed by atoms with van der Waals surface area (Å²) in [5.41, 5.74) is 3.96. The molecule has 0 aliphatic heterocycles. The Morgan fingerprint density at radius 1 is 1.19 bits per heavy atom. The number of benzene rings is 1. The van der Waals surface area contributed by atoms with Gasteiger partial charge < -0.3 is 5.32 Å². The number of halogens is 1. The Morgan fingerprint density at radius 3 is 2.69 bits per heavy atom. The van der Waals surface area contributed by atoms with Crippen molar-refractivity contribution >= 4 is 27.3 Å². The first-order valence-corrected chi connectivity index (χ1v) is 7.07. The summed E-state index contributed by atoms with van der Waals surface area (Å²) < 4.78 is 1.18. The summed E-state index contributed by atoms with van der Waals surface area (Å²) in [4.78, 5) is 0. The lowest BCUT2D eigenvalue weighted by atomic mass is 10.0. The van der Waals surface area contributed by atoms with Gasteiger partial charge in [-0.1, -0.05) is 31.2 Å². The van der Waals surface area contributed by atoms with Gasteiger partial charge in [-0.2, -0.15) is 11.3 Å². The van der Waals surface area contributed by atoms with Crippen molar-refractivity contribution in [2.24, 2.45) is 0 Å². The Balaban J connectivity index is 2.37. The maximum Gasteiger partial charge on any atom is 0.0360 e. The van der Waals surface area contributed by atoms with Crippen LogP contribution < -0.4 is 5.32 Å². The van der Waals surface area contributed by atoms with E-state index in [0.29, 0.717) is 0 Å². The van der Waals surface area contributed by atoms with Gasteiger partial charge in [-0.15, -0.1) is 0 Å². The Hall–Kier alpha value is -0.640. The molecule has 0 bridgehead atoms. The van der Waals surface area contributed by atoms with E-state index in [1.807, 2.05) is 0 Å². The third-order valence-electron chi connectivity index (χ3n) is 2.49. The first-order chi connectivity index (χ1) is 7.83. The number of rotatable bonds is 4. The van der Waals surface area contributed by atoms with E-state index in [9.17, 15) is 0 Å². The largest absolute Gasteiger partial charge is 0.313 e. The maximum atomic E-state index is 3.60. The fourth-order valence-corrected chi connectivity index (χ4v) is 3.18. The second-order valence-electron chi connectivity index (χ2n) is 3.57. The Morgan fingerprint density at radius 2 is 2.00 bits per heavy atom. The van der Waals surface area contributed by atoms with Gasteiger partial charge in [0.15, 0.2) is 0 Å². The molecule has 1 N–H and O–H groups in total. The quantitative estimate of drug-likeness (QED) is 0.887. The molecule has 3 heteroatoms. The fourth-order valence-electron chi connectivity index (χ4n) is 1.67. The SMILES string of the molecule is CCNCc1ccccc1-c1cscc1Br. The average Bonchev–Trinajstić information content (AvgIpc) is 2.73. The summed E-state index contributed by atoms with van der Waals surface area (Å²) in [6.45, 7) is 4.05. The Kier molecular flexibility index (Phi) is 4.16. The maximum absolute atomic E-state index is 3.60. The van der Waals surface area contributed by atoms with Crippen LogP contribution in [0.1, 0.15) is 12.5 Å². The van der Waals surface area contributed by atoms with E-state index >= 15 is 0 Å². The molecule has 0 spiro atoms. The van der Waals surface area contributed by atoms with Crippen LogP contribution in [-0.4, -0.2) is 6.54 Å². The smallest absolute Gasteiger partial charge is 0.0360 e. The highest BCUT2D eigenvalue weighted by Gasteiger charge is 2.07. The van der Waals surface area contributed by atoms with Crippen molar-refractivity contribution in [2.45, 2.75) is 13.5 Å². The topological polar surface area (TPSA) is 12.0 Å². The average molecular weight is 296 g/mol. The van der Waals surface area contributed by atoms with Crippen molar-refractivity contribution in [1.82, 2.24) is 5.32 Å². The first kappa shape index (κ1) is 11.8. The predicted octanol–water partition coefficient (Wildman–Crippen LogP) is 4.29. The second kappa shape index (κ2) is 5.62. The highest BCUT2D eigenvalue weighted by Crippen LogP contribution is 2.33. The molecule has 0 radical (unpaired) electrons. The molecule has 1 aromatic heterocycles. The lowest BCUT2D eigenvalue weighted by molar-refractivity contribution is 0.728. The van der Waals surface area contributed by atoms with Crippen molar-refractivity contribution < 1.29 is 0 Å². The fraction of sp³-hybridized carbons (Fsp3) is 0.231. The van der Waals surface area contributed by atoms with Crippen LogP contribution in [0.3, 0.4) is 0 Å². The van der Waals surface area contributed by atoms with Gasteiger partial charge in [0.05, 0.1) is 0 Å². The van der Waals surface area contributed by atoms with Gasteiger partial charge in [0.25, 0.3) is 0 Å². The van der Waals surface area contributed by atoms with Gasteiger partial charge in [-0.3, -0.25) is 0 Å². The zero-order valence-electron chi connectivity index (χ0n) is 9.16. The lowest BCUT2D eigenvalue weighted by Crippen LogP contribution is -2.12. The van der Waals surface area contributed by atoms with E-state index in [2.05, 4.69) is 63.2 Å². The summed E-state index contributed by atoms with van der Waals surface area (Å²) >= 11 is 5.32. The third-order valence-corrected chi connectivity index (χ3v) is 4.19. The van der Waals surface area contributed by atoms with Crippen LogP contribution >= 0.6 is 27.3 Å². The molecule has 1 nitrogen and oxygen atoms in total. The molecular formula is C13H14BrNS. The summed E-state index contributed by atoms with van der Waals surface area (Å²) in [7, 11) is 0. The summed E-state index contributed by atoms with van der Waals surface area (Å²) in [5, 5.41) is 7.69. The van der Waals surface area contributed by atoms with Crippen molar-refractivity contribution in [1.29, 1.82) is 0 Å². The highest BCUT2D eigenvalue weighted by molar-refractivity contribution is 9.10. The Bertz CT molecular complexity index is 464. The van der Waals surface area contributed by atoms with Crippen LogP contribution in [0, 0.1) is 0 Å². The molecule has 0 unspecified atom stereocenters. The van der Waals surface area contributed by atoms with E-state index < -0.39 is 0 Å². The zero-order chi connectivity index (χ0) is 11.4.